The molecule has 0 radical (unpaired) electrons. The predicted octanol–water partition coefficient (Wildman–Crippen LogP) is 0.738. The third kappa shape index (κ3) is 4.89. The number of carboxylic acid groups (broad SMARTS) is 1. The van der Waals surface area contributed by atoms with Crippen molar-refractivity contribution in [2.45, 2.75) is 45.6 Å². The number of aliphatic carboxylic acids is 1. The van der Waals surface area contributed by atoms with Crippen LogP contribution in [0.3, 0.4) is 0 Å². The van der Waals surface area contributed by atoms with Gasteiger partial charge in [-0.05, 0) is 44.7 Å². The Morgan fingerprint density at radius 1 is 1.17 bits per heavy atom. The fourth-order valence-corrected chi connectivity index (χ4v) is 4.74. The number of carbonyl (C=O) groups is 1. The van der Waals surface area contributed by atoms with Gasteiger partial charge in [0.15, 0.2) is 0 Å². The fraction of sp³-hybridized carbons (Fsp3) is 0.933. The van der Waals surface area contributed by atoms with Crippen molar-refractivity contribution in [3.63, 3.8) is 0 Å². The van der Waals surface area contributed by atoms with Gasteiger partial charge in [-0.1, -0.05) is 13.8 Å². The van der Waals surface area contributed by atoms with Gasteiger partial charge in [-0.2, -0.15) is 12.7 Å². The highest BCUT2D eigenvalue weighted by molar-refractivity contribution is 7.87. The second-order valence-corrected chi connectivity index (χ2v) is 8.67. The number of nitrogens with one attached hydrogen (secondary N) is 1. The van der Waals surface area contributed by atoms with Gasteiger partial charge < -0.3 is 5.11 Å². The molecule has 0 aromatic rings. The van der Waals surface area contributed by atoms with Crippen molar-refractivity contribution in [3.05, 3.63) is 0 Å². The van der Waals surface area contributed by atoms with E-state index in [1.807, 2.05) is 0 Å². The highest BCUT2D eigenvalue weighted by Crippen LogP contribution is 2.20. The maximum atomic E-state index is 12.5. The van der Waals surface area contributed by atoms with Crippen LogP contribution in [0.15, 0.2) is 0 Å². The van der Waals surface area contributed by atoms with Crippen molar-refractivity contribution in [2.24, 2.45) is 11.8 Å². The van der Waals surface area contributed by atoms with Crippen LogP contribution in [0, 0.1) is 11.8 Å². The molecule has 0 saturated carbocycles. The van der Waals surface area contributed by atoms with Crippen LogP contribution >= 0.6 is 0 Å². The van der Waals surface area contributed by atoms with Crippen LogP contribution in [0.25, 0.3) is 0 Å². The summed E-state index contributed by atoms with van der Waals surface area (Å²) in [5, 5.41) is 9.00. The first-order valence-corrected chi connectivity index (χ1v) is 9.97. The van der Waals surface area contributed by atoms with Gasteiger partial charge >= 0.3 is 5.97 Å². The molecule has 0 aliphatic carbocycles. The molecule has 0 aromatic carbocycles. The summed E-state index contributed by atoms with van der Waals surface area (Å²) >= 11 is 0. The maximum Gasteiger partial charge on any atom is 0.306 e. The Kier molecular flexibility index (Phi) is 6.41. The van der Waals surface area contributed by atoms with Gasteiger partial charge in [0.1, 0.15) is 0 Å². The third-order valence-electron chi connectivity index (χ3n) is 5.00. The number of piperidine rings is 1. The molecule has 0 bridgehead atoms. The normalized spacial score (nSPS) is 23.4. The second kappa shape index (κ2) is 7.92. The minimum Gasteiger partial charge on any atom is -0.481 e. The van der Waals surface area contributed by atoms with Gasteiger partial charge in [0.05, 0.1) is 5.92 Å². The van der Waals surface area contributed by atoms with Crippen LogP contribution in [-0.2, 0) is 15.0 Å². The molecule has 0 aromatic heterocycles. The van der Waals surface area contributed by atoms with Crippen LogP contribution < -0.4 is 4.72 Å². The van der Waals surface area contributed by atoms with E-state index < -0.39 is 22.1 Å². The zero-order valence-corrected chi connectivity index (χ0v) is 14.9. The van der Waals surface area contributed by atoms with Crippen molar-refractivity contribution in [1.29, 1.82) is 0 Å². The predicted molar refractivity (Wildman–Crippen MR) is 88.3 cm³/mol. The van der Waals surface area contributed by atoms with Gasteiger partial charge in [0, 0.05) is 25.7 Å². The number of rotatable bonds is 7. The lowest BCUT2D eigenvalue weighted by Crippen LogP contribution is -2.51. The van der Waals surface area contributed by atoms with E-state index in [1.165, 1.54) is 17.1 Å². The number of nitrogens with zero attached hydrogens (tertiary/aromatic N) is 2. The molecule has 7 nitrogen and oxygen atoms in total. The fourth-order valence-electron chi connectivity index (χ4n) is 3.48. The first-order chi connectivity index (χ1) is 10.8. The van der Waals surface area contributed by atoms with Gasteiger partial charge in [0.2, 0.25) is 0 Å². The summed E-state index contributed by atoms with van der Waals surface area (Å²) in [6.45, 7) is 7.29. The van der Waals surface area contributed by atoms with Crippen molar-refractivity contribution in [1.82, 2.24) is 13.9 Å². The lowest BCUT2D eigenvalue weighted by atomic mass is 9.99. The van der Waals surface area contributed by atoms with E-state index in [0.29, 0.717) is 25.3 Å². The Hall–Kier alpha value is -0.700. The summed E-state index contributed by atoms with van der Waals surface area (Å²) in [6, 6.07) is 0.212. The Morgan fingerprint density at radius 3 is 2.22 bits per heavy atom. The van der Waals surface area contributed by atoms with Crippen molar-refractivity contribution in [2.75, 3.05) is 32.7 Å². The SMILES string of the molecule is CC(C)[C@@H](CNS(=O)(=O)N1CCC(C(=O)O)CC1)N1CCCC1. The molecular weight excluding hydrogens is 318 g/mol. The maximum absolute atomic E-state index is 12.5. The van der Waals surface area contributed by atoms with Crippen LogP contribution in [0.4, 0.5) is 0 Å². The highest BCUT2D eigenvalue weighted by atomic mass is 32.2. The van der Waals surface area contributed by atoms with Crippen LogP contribution in [0.2, 0.25) is 0 Å². The van der Waals surface area contributed by atoms with E-state index in [-0.39, 0.29) is 19.1 Å². The molecule has 23 heavy (non-hydrogen) atoms. The molecule has 0 amide bonds. The molecular formula is C15H29N3O4S. The second-order valence-electron chi connectivity index (χ2n) is 6.92. The largest absolute Gasteiger partial charge is 0.481 e. The molecule has 0 spiro atoms. The van der Waals surface area contributed by atoms with E-state index in [9.17, 15) is 13.2 Å². The number of likely N-dealkylation sites (tertiary alicyclic amines) is 1. The Morgan fingerprint density at radius 2 is 1.74 bits per heavy atom. The quantitative estimate of drug-likeness (QED) is 0.709. The Labute approximate surface area is 139 Å². The zero-order valence-electron chi connectivity index (χ0n) is 14.1. The third-order valence-corrected chi connectivity index (χ3v) is 6.57. The average molecular weight is 347 g/mol. The van der Waals surface area contributed by atoms with Gasteiger partial charge in [-0.25, -0.2) is 4.72 Å². The minimum absolute atomic E-state index is 0.212. The van der Waals surface area contributed by atoms with E-state index in [0.717, 1.165) is 13.1 Å². The highest BCUT2D eigenvalue weighted by Gasteiger charge is 2.32. The smallest absolute Gasteiger partial charge is 0.306 e. The molecule has 2 aliphatic rings. The molecule has 2 heterocycles. The summed E-state index contributed by atoms with van der Waals surface area (Å²) < 4.78 is 29.0. The minimum atomic E-state index is -3.53. The lowest BCUT2D eigenvalue weighted by molar-refractivity contribution is -0.142. The van der Waals surface area contributed by atoms with Crippen LogP contribution in [0.5, 0.6) is 0 Å². The van der Waals surface area contributed by atoms with E-state index in [4.69, 9.17) is 5.11 Å². The number of carboxylic acids is 1. The summed E-state index contributed by atoms with van der Waals surface area (Å²) in [4.78, 5) is 13.3. The molecule has 1 atom stereocenters. The topological polar surface area (TPSA) is 90.0 Å². The molecule has 2 aliphatic heterocycles. The van der Waals surface area contributed by atoms with Gasteiger partial charge in [-0.3, -0.25) is 9.69 Å². The van der Waals surface area contributed by atoms with Crippen LogP contribution in [-0.4, -0.2) is 67.5 Å². The van der Waals surface area contributed by atoms with Gasteiger partial charge in [-0.15, -0.1) is 0 Å². The number of hydrogen-bond donors (Lipinski definition) is 2. The molecule has 2 N–H and O–H groups in total. The van der Waals surface area contributed by atoms with Crippen molar-refractivity contribution < 1.29 is 18.3 Å². The standard InChI is InChI=1S/C15H29N3O4S/c1-12(2)14(17-7-3-4-8-17)11-16-23(21,22)18-9-5-13(6-10-18)15(19)20/h12-14,16H,3-11H2,1-2H3,(H,19,20)/t14-/m1/s1. The molecule has 2 rings (SSSR count). The molecule has 2 saturated heterocycles. The summed E-state index contributed by atoms with van der Waals surface area (Å²) in [7, 11) is -3.53. The monoisotopic (exact) mass is 347 g/mol. The summed E-state index contributed by atoms with van der Waals surface area (Å²) in [6.07, 6.45) is 3.13. The number of hydrogen-bond acceptors (Lipinski definition) is 4. The summed E-state index contributed by atoms with van der Waals surface area (Å²) in [5.41, 5.74) is 0. The molecule has 8 heteroatoms. The van der Waals surface area contributed by atoms with Crippen molar-refractivity contribution >= 4 is 16.2 Å². The van der Waals surface area contributed by atoms with E-state index in [2.05, 4.69) is 23.5 Å². The van der Waals surface area contributed by atoms with E-state index in [1.54, 1.807) is 0 Å². The Bertz CT molecular complexity index is 495. The van der Waals surface area contributed by atoms with Gasteiger partial charge in [0.25, 0.3) is 10.2 Å². The van der Waals surface area contributed by atoms with Crippen LogP contribution in [0.1, 0.15) is 39.5 Å². The molecule has 2 fully saturated rings. The molecule has 0 unspecified atom stereocenters. The first kappa shape index (κ1) is 18.6. The summed E-state index contributed by atoms with van der Waals surface area (Å²) in [5.74, 6) is -0.869. The first-order valence-electron chi connectivity index (χ1n) is 8.53. The Balaban J connectivity index is 1.89. The average Bonchev–Trinajstić information content (AvgIpc) is 3.01. The van der Waals surface area contributed by atoms with E-state index >= 15 is 0 Å². The zero-order chi connectivity index (χ0) is 17.0. The molecule has 134 valence electrons. The lowest BCUT2D eigenvalue weighted by Gasteiger charge is -2.33. The van der Waals surface area contributed by atoms with Crippen molar-refractivity contribution in [3.8, 4) is 0 Å².